The highest BCUT2D eigenvalue weighted by Crippen LogP contribution is 2.56. The molecule has 7 N–H and O–H groups in total. The first-order valence-corrected chi connectivity index (χ1v) is 15.6. The number of thioether (sulfide) groups is 1. The Morgan fingerprint density at radius 3 is 2.67 bits per heavy atom. The number of nitrogens with two attached hydrogens (primary N) is 3. The summed E-state index contributed by atoms with van der Waals surface area (Å²) in [5, 5.41) is 2.67. The van der Waals surface area contributed by atoms with Gasteiger partial charge in [0.15, 0.2) is 5.78 Å². The summed E-state index contributed by atoms with van der Waals surface area (Å²) in [6.07, 6.45) is 2.81. The second-order valence-electron chi connectivity index (χ2n) is 11.9. The van der Waals surface area contributed by atoms with E-state index in [1.807, 2.05) is 55.5 Å². The molecule has 1 aliphatic carbocycles. The van der Waals surface area contributed by atoms with Crippen molar-refractivity contribution in [3.63, 3.8) is 0 Å². The van der Waals surface area contributed by atoms with Crippen LogP contribution in [-0.4, -0.2) is 54.1 Å². The van der Waals surface area contributed by atoms with Crippen LogP contribution in [0.15, 0.2) is 59.5 Å². The number of likely N-dealkylation sites (N-methyl/N-ethyl adjacent to an activating group) is 1. The molecular formula is C33H39N5O3S. The van der Waals surface area contributed by atoms with Crippen molar-refractivity contribution in [1.29, 1.82) is 0 Å². The van der Waals surface area contributed by atoms with Crippen LogP contribution in [-0.2, 0) is 21.5 Å². The molecule has 0 saturated carbocycles. The summed E-state index contributed by atoms with van der Waals surface area (Å²) in [5.74, 6) is 0.536. The van der Waals surface area contributed by atoms with Crippen molar-refractivity contribution in [2.75, 3.05) is 25.9 Å². The number of likely N-dealkylation sites (tertiary alicyclic amines) is 1. The number of ether oxygens (including phenoxy) is 1. The van der Waals surface area contributed by atoms with E-state index in [1.54, 1.807) is 6.07 Å². The molecule has 8 nitrogen and oxygen atoms in total. The minimum absolute atomic E-state index is 0.0640. The molecule has 9 heteroatoms. The van der Waals surface area contributed by atoms with Gasteiger partial charge in [-0.3, -0.25) is 9.59 Å². The van der Waals surface area contributed by atoms with Gasteiger partial charge in [0.05, 0.1) is 11.3 Å². The fraction of sp³-hybridized carbons (Fsp3) is 0.394. The maximum Gasteiger partial charge on any atom is 0.234 e. The first-order valence-electron chi connectivity index (χ1n) is 14.7. The zero-order chi connectivity index (χ0) is 29.8. The highest BCUT2D eigenvalue weighted by atomic mass is 32.2. The molecule has 0 radical (unpaired) electrons. The molecule has 2 heterocycles. The third kappa shape index (κ3) is 4.68. The average molecular weight is 586 g/mol. The Morgan fingerprint density at radius 1 is 1.17 bits per heavy atom. The van der Waals surface area contributed by atoms with Crippen molar-refractivity contribution in [3.05, 3.63) is 82.4 Å². The largest absolute Gasteiger partial charge is 0.457 e. The van der Waals surface area contributed by atoms with Crippen LogP contribution in [0.2, 0.25) is 0 Å². The Bertz CT molecular complexity index is 1560. The second-order valence-corrected chi connectivity index (χ2v) is 13.0. The number of Topliss-reactive ketones (excluding diaryl/α,β-unsaturated/α-hetero) is 1. The van der Waals surface area contributed by atoms with E-state index >= 15 is 0 Å². The molecule has 1 amide bonds. The Labute approximate surface area is 251 Å². The number of rotatable bonds is 6. The fourth-order valence-electron chi connectivity index (χ4n) is 6.93. The zero-order valence-corrected chi connectivity index (χ0v) is 25.2. The lowest BCUT2D eigenvalue weighted by Gasteiger charge is -2.42. The quantitative estimate of drug-likeness (QED) is 0.321. The summed E-state index contributed by atoms with van der Waals surface area (Å²) < 4.78 is 6.23. The van der Waals surface area contributed by atoms with Gasteiger partial charge in [0, 0.05) is 29.1 Å². The van der Waals surface area contributed by atoms with Gasteiger partial charge in [0.1, 0.15) is 17.0 Å². The smallest absolute Gasteiger partial charge is 0.234 e. The number of amides is 1. The van der Waals surface area contributed by atoms with Crippen molar-refractivity contribution < 1.29 is 14.3 Å². The van der Waals surface area contributed by atoms with Crippen molar-refractivity contribution in [2.24, 2.45) is 11.5 Å². The molecule has 0 aromatic heterocycles. The molecule has 6 rings (SSSR count). The summed E-state index contributed by atoms with van der Waals surface area (Å²) in [7, 11) is 2.06. The van der Waals surface area contributed by atoms with Crippen LogP contribution in [0.4, 0.5) is 5.69 Å². The first kappa shape index (κ1) is 28.7. The van der Waals surface area contributed by atoms with Crippen LogP contribution in [0.5, 0.6) is 11.5 Å². The van der Waals surface area contributed by atoms with E-state index in [0.717, 1.165) is 59.7 Å². The minimum atomic E-state index is -1.49. The van der Waals surface area contributed by atoms with Gasteiger partial charge in [-0.15, -0.1) is 11.8 Å². The molecule has 2 aliphatic heterocycles. The third-order valence-corrected chi connectivity index (χ3v) is 10.5. The topological polar surface area (TPSA) is 137 Å². The lowest BCUT2D eigenvalue weighted by Crippen LogP contribution is -2.61. The standard InChI is InChI=1S/C33H39N5O3S/c1-4-19-8-5-6-10-25(19)41-21-11-12-22(18(2)16-21)33(36)23-13-14-24(34)29-26(23)27(28(35)31(33)39)30(42-29)32(40)37-20-9-7-15-38(3)17-20/h5-6,8,10-14,16,20,27-28,30H,4,7,9,15,17,34-36H2,1-3H3,(H,37,40). The number of carbonyl (C=O) groups is 2. The van der Waals surface area contributed by atoms with Gasteiger partial charge in [-0.05, 0) is 91.9 Å². The normalized spacial score (nSPS) is 27.0. The van der Waals surface area contributed by atoms with Gasteiger partial charge < -0.3 is 32.2 Å². The molecule has 3 aromatic carbocycles. The van der Waals surface area contributed by atoms with Gasteiger partial charge in [0.2, 0.25) is 5.91 Å². The molecule has 0 bridgehead atoms. The van der Waals surface area contributed by atoms with Crippen molar-refractivity contribution >= 4 is 29.1 Å². The maximum atomic E-state index is 14.2. The lowest BCUT2D eigenvalue weighted by atomic mass is 9.64. The highest BCUT2D eigenvalue weighted by molar-refractivity contribution is 8.01. The summed E-state index contributed by atoms with van der Waals surface area (Å²) in [6.45, 7) is 5.84. The average Bonchev–Trinajstić information content (AvgIpc) is 3.38. The Hall–Kier alpha value is -3.37. The molecule has 5 unspecified atom stereocenters. The van der Waals surface area contributed by atoms with Gasteiger partial charge in [-0.25, -0.2) is 0 Å². The van der Waals surface area contributed by atoms with E-state index in [-0.39, 0.29) is 17.7 Å². The molecule has 3 aliphatic rings. The molecule has 5 atom stereocenters. The summed E-state index contributed by atoms with van der Waals surface area (Å²) in [5.41, 5.74) is 23.5. The van der Waals surface area contributed by atoms with E-state index in [2.05, 4.69) is 24.2 Å². The minimum Gasteiger partial charge on any atom is -0.457 e. The monoisotopic (exact) mass is 585 g/mol. The molecule has 3 aromatic rings. The number of ketones is 1. The number of hydrogen-bond donors (Lipinski definition) is 4. The van der Waals surface area contributed by atoms with E-state index in [0.29, 0.717) is 22.6 Å². The maximum absolute atomic E-state index is 14.2. The summed E-state index contributed by atoms with van der Waals surface area (Å²) >= 11 is 1.40. The number of anilines is 1. The van der Waals surface area contributed by atoms with Crippen LogP contribution < -0.4 is 27.3 Å². The Kier molecular flexibility index (Phi) is 7.55. The van der Waals surface area contributed by atoms with Crippen LogP contribution >= 0.6 is 11.8 Å². The second kappa shape index (κ2) is 11.0. The molecule has 220 valence electrons. The number of aryl methyl sites for hydroxylation is 2. The molecule has 1 saturated heterocycles. The van der Waals surface area contributed by atoms with Crippen LogP contribution in [0, 0.1) is 6.92 Å². The predicted octanol–water partition coefficient (Wildman–Crippen LogP) is 3.81. The highest BCUT2D eigenvalue weighted by Gasteiger charge is 2.57. The number of piperidine rings is 1. The summed E-state index contributed by atoms with van der Waals surface area (Å²) in [4.78, 5) is 30.9. The predicted molar refractivity (Wildman–Crippen MR) is 167 cm³/mol. The van der Waals surface area contributed by atoms with Crippen molar-refractivity contribution in [2.45, 2.75) is 66.8 Å². The molecular weight excluding hydrogens is 546 g/mol. The number of nitrogen functional groups attached to an aromatic ring is 1. The van der Waals surface area contributed by atoms with E-state index < -0.39 is 22.7 Å². The number of nitrogens with zero attached hydrogens (tertiary/aromatic N) is 1. The van der Waals surface area contributed by atoms with E-state index in [1.165, 1.54) is 11.8 Å². The molecule has 1 fully saturated rings. The van der Waals surface area contributed by atoms with Gasteiger partial charge in [-0.1, -0.05) is 37.3 Å². The number of hydrogen-bond acceptors (Lipinski definition) is 8. The summed E-state index contributed by atoms with van der Waals surface area (Å²) in [6, 6.07) is 16.3. The van der Waals surface area contributed by atoms with Crippen LogP contribution in [0.1, 0.15) is 53.5 Å². The Balaban J connectivity index is 1.35. The van der Waals surface area contributed by atoms with E-state index in [4.69, 9.17) is 21.9 Å². The number of nitrogens with one attached hydrogen (secondary N) is 1. The Morgan fingerprint density at radius 2 is 1.93 bits per heavy atom. The van der Waals surface area contributed by atoms with Gasteiger partial charge in [-0.2, -0.15) is 0 Å². The number of benzene rings is 3. The number of carbonyl (C=O) groups excluding carboxylic acids is 2. The fourth-order valence-corrected chi connectivity index (χ4v) is 8.39. The third-order valence-electron chi connectivity index (χ3n) is 9.07. The van der Waals surface area contributed by atoms with Crippen molar-refractivity contribution in [3.8, 4) is 11.5 Å². The molecule has 42 heavy (non-hydrogen) atoms. The van der Waals surface area contributed by atoms with E-state index in [9.17, 15) is 9.59 Å². The SMILES string of the molecule is CCc1ccccc1Oc1ccc(C2(N)C(=O)C(N)C3c4c2ccc(N)c4SC3C(=O)NC2CCCN(C)C2)c(C)c1. The van der Waals surface area contributed by atoms with Crippen LogP contribution in [0.25, 0.3) is 0 Å². The lowest BCUT2D eigenvalue weighted by molar-refractivity contribution is -0.126. The first-order chi connectivity index (χ1) is 20.1. The van der Waals surface area contributed by atoms with Gasteiger partial charge in [0.25, 0.3) is 0 Å². The van der Waals surface area contributed by atoms with Crippen LogP contribution in [0.3, 0.4) is 0 Å². The zero-order valence-electron chi connectivity index (χ0n) is 24.4. The molecule has 0 spiro atoms. The number of para-hydroxylation sites is 1. The van der Waals surface area contributed by atoms with Crippen molar-refractivity contribution in [1.82, 2.24) is 10.2 Å². The van der Waals surface area contributed by atoms with Gasteiger partial charge >= 0.3 is 0 Å².